The van der Waals surface area contributed by atoms with Crippen LogP contribution in [-0.2, 0) is 21.7 Å². The van der Waals surface area contributed by atoms with Crippen LogP contribution in [0.25, 0.3) is 0 Å². The minimum Gasteiger partial charge on any atom is -0.479 e. The molecule has 8 heteroatoms. The fraction of sp³-hybridized carbons (Fsp3) is 0.250. The van der Waals surface area contributed by atoms with Gasteiger partial charge < -0.3 is 20.3 Å². The number of carboxylic acids is 1. The number of hydrogen-bond donors (Lipinski definition) is 3. The van der Waals surface area contributed by atoms with Gasteiger partial charge in [0.25, 0.3) is 0 Å². The van der Waals surface area contributed by atoms with Crippen LogP contribution in [0.2, 0.25) is 0 Å². The zero-order valence-corrected chi connectivity index (χ0v) is 15.2. The van der Waals surface area contributed by atoms with Gasteiger partial charge in [-0.1, -0.05) is 54.6 Å². The molecule has 2 amide bonds. The molecule has 146 valence electrons. The number of rotatable bonds is 4. The predicted octanol–water partition coefficient (Wildman–Crippen LogP) is 2.95. The average Bonchev–Trinajstić information content (AvgIpc) is 2.69. The summed E-state index contributed by atoms with van der Waals surface area (Å²) >= 11 is 0. The summed E-state index contributed by atoms with van der Waals surface area (Å²) in [6.07, 6.45) is -2.10. The molecule has 0 unspecified atom stereocenters. The number of carbonyl (C=O) groups is 3. The van der Waals surface area contributed by atoms with Gasteiger partial charge in [0.2, 0.25) is 0 Å². The highest BCUT2D eigenvalue weighted by molar-refractivity contribution is 5.86. The van der Waals surface area contributed by atoms with Crippen LogP contribution in [0.1, 0.15) is 29.7 Å². The van der Waals surface area contributed by atoms with Crippen molar-refractivity contribution in [2.45, 2.75) is 25.1 Å². The van der Waals surface area contributed by atoms with Crippen LogP contribution < -0.4 is 5.32 Å². The molecule has 2 aromatic carbocycles. The molecule has 0 spiro atoms. The zero-order chi connectivity index (χ0) is 20.3. The van der Waals surface area contributed by atoms with Gasteiger partial charge in [-0.2, -0.15) is 0 Å². The van der Waals surface area contributed by atoms with Crippen molar-refractivity contribution in [3.8, 4) is 0 Å². The van der Waals surface area contributed by atoms with Crippen LogP contribution in [0.5, 0.6) is 0 Å². The summed E-state index contributed by atoms with van der Waals surface area (Å²) in [4.78, 5) is 36.7. The van der Waals surface area contributed by atoms with Crippen LogP contribution >= 0.6 is 0 Å². The highest BCUT2D eigenvalue weighted by Crippen LogP contribution is 2.39. The third-order valence-electron chi connectivity index (χ3n) is 4.92. The Morgan fingerprint density at radius 2 is 1.75 bits per heavy atom. The molecular formula is C20H20N2O6. The first kappa shape index (κ1) is 19.2. The summed E-state index contributed by atoms with van der Waals surface area (Å²) in [5.41, 5.74) is -0.0902. The normalized spacial score (nSPS) is 20.8. The Bertz CT molecular complexity index is 901. The molecule has 8 nitrogen and oxygen atoms in total. The van der Waals surface area contributed by atoms with Gasteiger partial charge >= 0.3 is 18.2 Å². The van der Waals surface area contributed by atoms with Crippen molar-refractivity contribution in [2.24, 2.45) is 0 Å². The van der Waals surface area contributed by atoms with Crippen molar-refractivity contribution in [3.05, 3.63) is 71.3 Å². The van der Waals surface area contributed by atoms with Gasteiger partial charge in [0.15, 0.2) is 5.54 Å². The monoisotopic (exact) mass is 384 g/mol. The van der Waals surface area contributed by atoms with E-state index in [1.54, 1.807) is 24.3 Å². The molecule has 0 fully saturated rings. The standard InChI is InChI=1S/C20H20N2O6/c1-20(17(23)24)15-10-6-5-9-14(15)16(11-22(20)19(26)27)21-18(25)28-12-13-7-3-2-4-8-13/h2-10,16H,11-12H2,1H3,(H,21,25)(H,23,24)(H,26,27)/t16-,20-/m0/s1. The zero-order valence-electron chi connectivity index (χ0n) is 15.2. The lowest BCUT2D eigenvalue weighted by Gasteiger charge is -2.44. The number of amides is 2. The van der Waals surface area contributed by atoms with Crippen LogP contribution in [0.15, 0.2) is 54.6 Å². The first-order valence-electron chi connectivity index (χ1n) is 8.64. The summed E-state index contributed by atoms with van der Waals surface area (Å²) in [5.74, 6) is -1.28. The number of benzene rings is 2. The van der Waals surface area contributed by atoms with E-state index in [1.165, 1.54) is 6.92 Å². The highest BCUT2D eigenvalue weighted by Gasteiger charge is 2.50. The average molecular weight is 384 g/mol. The Kier molecular flexibility index (Phi) is 5.21. The number of ether oxygens (including phenoxy) is 1. The number of alkyl carbamates (subject to hydrolysis) is 1. The minimum atomic E-state index is -1.76. The first-order chi connectivity index (χ1) is 13.3. The van der Waals surface area contributed by atoms with Crippen molar-refractivity contribution < 1.29 is 29.3 Å². The number of nitrogens with one attached hydrogen (secondary N) is 1. The van der Waals surface area contributed by atoms with E-state index in [-0.39, 0.29) is 13.2 Å². The van der Waals surface area contributed by atoms with E-state index < -0.39 is 29.7 Å². The van der Waals surface area contributed by atoms with Crippen molar-refractivity contribution in [1.82, 2.24) is 10.2 Å². The van der Waals surface area contributed by atoms with Crippen LogP contribution in [0.3, 0.4) is 0 Å². The van der Waals surface area contributed by atoms with Gasteiger partial charge in [0.05, 0.1) is 12.6 Å². The molecule has 0 aliphatic carbocycles. The Hall–Kier alpha value is -3.55. The molecular weight excluding hydrogens is 364 g/mol. The van der Waals surface area contributed by atoms with Crippen LogP contribution in [0, 0.1) is 0 Å². The lowest BCUT2D eigenvalue weighted by molar-refractivity contribution is -0.151. The molecule has 0 saturated carbocycles. The molecule has 1 aliphatic heterocycles. The molecule has 3 rings (SSSR count). The van der Waals surface area contributed by atoms with Crippen LogP contribution in [0.4, 0.5) is 9.59 Å². The third kappa shape index (κ3) is 3.48. The Morgan fingerprint density at radius 1 is 1.11 bits per heavy atom. The first-order valence-corrected chi connectivity index (χ1v) is 8.64. The maximum atomic E-state index is 12.3. The van der Waals surface area contributed by atoms with Crippen molar-refractivity contribution in [3.63, 3.8) is 0 Å². The third-order valence-corrected chi connectivity index (χ3v) is 4.92. The Labute approximate surface area is 161 Å². The van der Waals surface area contributed by atoms with Crippen molar-refractivity contribution in [2.75, 3.05) is 6.54 Å². The number of carboxylic acid groups (broad SMARTS) is 2. The molecule has 2 aromatic rings. The smallest absolute Gasteiger partial charge is 0.408 e. The maximum Gasteiger partial charge on any atom is 0.408 e. The quantitative estimate of drug-likeness (QED) is 0.746. The minimum absolute atomic E-state index is 0.0660. The van der Waals surface area contributed by atoms with E-state index in [4.69, 9.17) is 4.74 Å². The van der Waals surface area contributed by atoms with Crippen molar-refractivity contribution >= 4 is 18.2 Å². The number of fused-ring (bicyclic) bond motifs is 1. The Balaban J connectivity index is 1.84. The van der Waals surface area contributed by atoms with Gasteiger partial charge in [0.1, 0.15) is 6.61 Å². The summed E-state index contributed by atoms with van der Waals surface area (Å²) in [5, 5.41) is 21.9. The predicted molar refractivity (Wildman–Crippen MR) is 98.7 cm³/mol. The molecule has 0 radical (unpaired) electrons. The molecule has 0 saturated heterocycles. The van der Waals surface area contributed by atoms with E-state index in [0.717, 1.165) is 10.5 Å². The van der Waals surface area contributed by atoms with Gasteiger partial charge in [-0.05, 0) is 23.6 Å². The van der Waals surface area contributed by atoms with Gasteiger partial charge in [-0.3, -0.25) is 4.90 Å². The number of carbonyl (C=O) groups excluding carboxylic acids is 1. The second-order valence-electron chi connectivity index (χ2n) is 6.62. The van der Waals surface area contributed by atoms with E-state index in [1.807, 2.05) is 30.3 Å². The molecule has 0 aromatic heterocycles. The van der Waals surface area contributed by atoms with E-state index in [9.17, 15) is 24.6 Å². The van der Waals surface area contributed by atoms with Gasteiger partial charge in [0, 0.05) is 0 Å². The van der Waals surface area contributed by atoms with Crippen molar-refractivity contribution in [1.29, 1.82) is 0 Å². The SMILES string of the molecule is C[C@@]1(C(=O)O)c2ccccc2[C@@H](NC(=O)OCc2ccccc2)CN1C(=O)O. The fourth-order valence-corrected chi connectivity index (χ4v) is 3.38. The molecule has 3 N–H and O–H groups in total. The van der Waals surface area contributed by atoms with Crippen LogP contribution in [-0.4, -0.2) is 39.8 Å². The number of hydrogen-bond acceptors (Lipinski definition) is 4. The maximum absolute atomic E-state index is 12.3. The van der Waals surface area contributed by atoms with Gasteiger partial charge in [-0.25, -0.2) is 14.4 Å². The second-order valence-corrected chi connectivity index (χ2v) is 6.62. The fourth-order valence-electron chi connectivity index (χ4n) is 3.38. The lowest BCUT2D eigenvalue weighted by Crippen LogP contribution is -2.58. The molecule has 0 bridgehead atoms. The summed E-state index contributed by atoms with van der Waals surface area (Å²) in [7, 11) is 0. The highest BCUT2D eigenvalue weighted by atomic mass is 16.5. The molecule has 2 atom stereocenters. The largest absolute Gasteiger partial charge is 0.479 e. The lowest BCUT2D eigenvalue weighted by atomic mass is 9.80. The van der Waals surface area contributed by atoms with Gasteiger partial charge in [-0.15, -0.1) is 0 Å². The molecule has 28 heavy (non-hydrogen) atoms. The second kappa shape index (κ2) is 7.59. The summed E-state index contributed by atoms with van der Waals surface area (Å²) < 4.78 is 5.21. The topological polar surface area (TPSA) is 116 Å². The van der Waals surface area contributed by atoms with E-state index in [2.05, 4.69) is 5.32 Å². The summed E-state index contributed by atoms with van der Waals surface area (Å²) in [6.45, 7) is 1.19. The van der Waals surface area contributed by atoms with E-state index >= 15 is 0 Å². The van der Waals surface area contributed by atoms with E-state index in [0.29, 0.717) is 11.1 Å². The number of nitrogens with zero attached hydrogens (tertiary/aromatic N) is 1. The number of aliphatic carboxylic acids is 1. The summed E-state index contributed by atoms with van der Waals surface area (Å²) in [6, 6.07) is 15.0. The molecule has 1 heterocycles. The molecule has 1 aliphatic rings. The Morgan fingerprint density at radius 3 is 2.39 bits per heavy atom.